The van der Waals surface area contributed by atoms with Gasteiger partial charge in [0.05, 0.1) is 0 Å². The lowest BCUT2D eigenvalue weighted by Crippen LogP contribution is -2.33. The first-order valence-electron chi connectivity index (χ1n) is 4.33. The maximum atomic E-state index is 11.3. The number of allylic oxidation sites excluding steroid dienone is 4. The van der Waals surface area contributed by atoms with Crippen LogP contribution in [0.4, 0.5) is 4.79 Å². The van der Waals surface area contributed by atoms with Crippen molar-refractivity contribution in [3.63, 3.8) is 0 Å². The molecule has 0 aromatic heterocycles. The normalized spacial score (nSPS) is 11.9. The van der Waals surface area contributed by atoms with Crippen molar-refractivity contribution in [1.82, 2.24) is 10.6 Å². The highest BCUT2D eigenvalue weighted by Gasteiger charge is 2.00. The molecule has 0 rings (SSSR count). The van der Waals surface area contributed by atoms with Crippen LogP contribution in [0, 0.1) is 0 Å². The van der Waals surface area contributed by atoms with E-state index < -0.39 is 0 Å². The Morgan fingerprint density at radius 1 is 1.00 bits per heavy atom. The second-order valence-electron chi connectivity index (χ2n) is 2.48. The number of amides is 2. The molecule has 0 spiro atoms. The van der Waals surface area contributed by atoms with Crippen LogP contribution in [0.2, 0.25) is 0 Å². The Hall–Kier alpha value is -1.77. The average Bonchev–Trinajstić information content (AvgIpc) is 2.22. The second kappa shape index (κ2) is 6.71. The maximum Gasteiger partial charge on any atom is 0.323 e. The van der Waals surface area contributed by atoms with Crippen LogP contribution in [0.15, 0.2) is 48.9 Å². The van der Waals surface area contributed by atoms with Crippen molar-refractivity contribution in [3.8, 4) is 0 Å². The molecule has 3 heteroatoms. The molecule has 0 aromatic carbocycles. The zero-order valence-electron chi connectivity index (χ0n) is 8.63. The lowest BCUT2D eigenvalue weighted by Gasteiger charge is -2.07. The number of carbonyl (C=O) groups excluding carboxylic acids is 1. The topological polar surface area (TPSA) is 41.1 Å². The first-order valence-corrected chi connectivity index (χ1v) is 4.33. The van der Waals surface area contributed by atoms with Crippen LogP contribution in [-0.2, 0) is 0 Å². The van der Waals surface area contributed by atoms with Gasteiger partial charge in [0, 0.05) is 11.4 Å². The van der Waals surface area contributed by atoms with Crippen LogP contribution in [0.3, 0.4) is 0 Å². The van der Waals surface area contributed by atoms with E-state index in [1.54, 1.807) is 24.3 Å². The van der Waals surface area contributed by atoms with Crippen molar-refractivity contribution in [3.05, 3.63) is 48.9 Å². The van der Waals surface area contributed by atoms with Gasteiger partial charge in [-0.25, -0.2) is 4.79 Å². The molecule has 0 aliphatic rings. The molecular formula is C11H16N2O. The monoisotopic (exact) mass is 192 g/mol. The van der Waals surface area contributed by atoms with E-state index in [-0.39, 0.29) is 6.03 Å². The van der Waals surface area contributed by atoms with Gasteiger partial charge in [-0.3, -0.25) is 0 Å². The minimum Gasteiger partial charge on any atom is -0.308 e. The summed E-state index contributed by atoms with van der Waals surface area (Å²) in [6.45, 7) is 10.8. The largest absolute Gasteiger partial charge is 0.323 e. The van der Waals surface area contributed by atoms with E-state index in [2.05, 4.69) is 23.8 Å². The molecule has 3 nitrogen and oxygen atoms in total. The molecule has 0 aromatic rings. The van der Waals surface area contributed by atoms with Gasteiger partial charge < -0.3 is 10.6 Å². The van der Waals surface area contributed by atoms with Crippen molar-refractivity contribution in [2.45, 2.75) is 13.8 Å². The second-order valence-corrected chi connectivity index (χ2v) is 2.48. The standard InChI is InChI=1S/C11H16N2O/c1-5-9(6-2)12-11(14)13-10(7-3)8-4/h5-8H,1,3H2,2,4H3,(H2,12,13,14)/b9-6+,10-8+. The Morgan fingerprint density at radius 3 is 1.57 bits per heavy atom. The summed E-state index contributed by atoms with van der Waals surface area (Å²) in [5, 5.41) is 5.24. The number of rotatable bonds is 4. The van der Waals surface area contributed by atoms with Gasteiger partial charge in [0.2, 0.25) is 0 Å². The lowest BCUT2D eigenvalue weighted by atomic mass is 10.4. The van der Waals surface area contributed by atoms with E-state index in [0.717, 1.165) is 0 Å². The van der Waals surface area contributed by atoms with Gasteiger partial charge in [-0.05, 0) is 26.0 Å². The Kier molecular flexibility index (Phi) is 5.87. The Labute approximate surface area is 84.9 Å². The molecule has 0 aliphatic heterocycles. The van der Waals surface area contributed by atoms with Gasteiger partial charge in [0.25, 0.3) is 0 Å². The molecule has 0 aliphatic carbocycles. The summed E-state index contributed by atoms with van der Waals surface area (Å²) in [5.41, 5.74) is 1.34. The molecule has 0 unspecified atom stereocenters. The van der Waals surface area contributed by atoms with Crippen molar-refractivity contribution >= 4 is 6.03 Å². The van der Waals surface area contributed by atoms with E-state index in [1.165, 1.54) is 0 Å². The van der Waals surface area contributed by atoms with Gasteiger partial charge in [0.1, 0.15) is 0 Å². The third-order valence-corrected chi connectivity index (χ3v) is 1.58. The summed E-state index contributed by atoms with van der Waals surface area (Å²) in [6, 6.07) is -0.300. The third-order valence-electron chi connectivity index (χ3n) is 1.58. The van der Waals surface area contributed by atoms with E-state index >= 15 is 0 Å². The fourth-order valence-corrected chi connectivity index (χ4v) is 0.776. The molecule has 14 heavy (non-hydrogen) atoms. The maximum absolute atomic E-state index is 11.3. The minimum atomic E-state index is -0.300. The van der Waals surface area contributed by atoms with Crippen LogP contribution < -0.4 is 10.6 Å². The first-order chi connectivity index (χ1) is 6.67. The highest BCUT2D eigenvalue weighted by Crippen LogP contribution is 1.92. The quantitative estimate of drug-likeness (QED) is 0.660. The lowest BCUT2D eigenvalue weighted by molar-refractivity contribution is 0.246. The van der Waals surface area contributed by atoms with E-state index in [1.807, 2.05) is 13.8 Å². The molecule has 0 atom stereocenters. The summed E-state index contributed by atoms with van der Waals surface area (Å²) in [5.74, 6) is 0. The fraction of sp³-hybridized carbons (Fsp3) is 0.182. The third kappa shape index (κ3) is 4.30. The average molecular weight is 192 g/mol. The predicted octanol–water partition coefficient (Wildman–Crippen LogP) is 2.47. The summed E-state index contributed by atoms with van der Waals surface area (Å²) in [6.07, 6.45) is 6.66. The zero-order chi connectivity index (χ0) is 11.0. The summed E-state index contributed by atoms with van der Waals surface area (Å²) in [4.78, 5) is 11.3. The van der Waals surface area contributed by atoms with Crippen molar-refractivity contribution < 1.29 is 4.79 Å². The smallest absolute Gasteiger partial charge is 0.308 e. The van der Waals surface area contributed by atoms with Crippen molar-refractivity contribution in [2.24, 2.45) is 0 Å². The number of hydrogen-bond acceptors (Lipinski definition) is 1. The van der Waals surface area contributed by atoms with Gasteiger partial charge in [-0.2, -0.15) is 0 Å². The Morgan fingerprint density at radius 2 is 1.36 bits per heavy atom. The molecule has 0 radical (unpaired) electrons. The first kappa shape index (κ1) is 12.2. The Bertz CT molecular complexity index is 260. The highest BCUT2D eigenvalue weighted by atomic mass is 16.2. The Balaban J connectivity index is 4.24. The molecule has 0 heterocycles. The predicted molar refractivity (Wildman–Crippen MR) is 59.6 cm³/mol. The van der Waals surface area contributed by atoms with E-state index in [0.29, 0.717) is 11.4 Å². The van der Waals surface area contributed by atoms with Crippen molar-refractivity contribution in [2.75, 3.05) is 0 Å². The molecule has 0 bridgehead atoms. The van der Waals surface area contributed by atoms with Crippen LogP contribution >= 0.6 is 0 Å². The summed E-state index contributed by atoms with van der Waals surface area (Å²) >= 11 is 0. The van der Waals surface area contributed by atoms with Crippen LogP contribution in [0.25, 0.3) is 0 Å². The number of nitrogens with one attached hydrogen (secondary N) is 2. The van der Waals surface area contributed by atoms with Gasteiger partial charge >= 0.3 is 6.03 Å². The molecule has 0 fully saturated rings. The molecule has 76 valence electrons. The summed E-state index contributed by atoms with van der Waals surface area (Å²) < 4.78 is 0. The fourth-order valence-electron chi connectivity index (χ4n) is 0.776. The SMILES string of the molecule is C=C/C(=C\C)NC(=O)N/C(C=C)=C/C. The molecular weight excluding hydrogens is 176 g/mol. The van der Waals surface area contributed by atoms with E-state index in [4.69, 9.17) is 0 Å². The zero-order valence-corrected chi connectivity index (χ0v) is 8.63. The molecule has 2 N–H and O–H groups in total. The molecule has 2 amide bonds. The van der Waals surface area contributed by atoms with Crippen LogP contribution in [0.5, 0.6) is 0 Å². The van der Waals surface area contributed by atoms with Crippen molar-refractivity contribution in [1.29, 1.82) is 0 Å². The minimum absolute atomic E-state index is 0.300. The molecule has 0 saturated carbocycles. The van der Waals surface area contributed by atoms with Gasteiger partial charge in [-0.15, -0.1) is 0 Å². The van der Waals surface area contributed by atoms with Crippen LogP contribution in [0.1, 0.15) is 13.8 Å². The highest BCUT2D eigenvalue weighted by molar-refractivity contribution is 5.78. The molecule has 0 saturated heterocycles. The van der Waals surface area contributed by atoms with E-state index in [9.17, 15) is 4.79 Å². The number of carbonyl (C=O) groups is 1. The van der Waals surface area contributed by atoms with Gasteiger partial charge in [0.15, 0.2) is 0 Å². The van der Waals surface area contributed by atoms with Gasteiger partial charge in [-0.1, -0.05) is 25.3 Å². The number of hydrogen-bond donors (Lipinski definition) is 2. The summed E-state index contributed by atoms with van der Waals surface area (Å²) in [7, 11) is 0. The van der Waals surface area contributed by atoms with Crippen LogP contribution in [-0.4, -0.2) is 6.03 Å². The number of urea groups is 1.